The van der Waals surface area contributed by atoms with Crippen molar-refractivity contribution in [3.63, 3.8) is 0 Å². The second-order valence-electron chi connectivity index (χ2n) is 10.0. The van der Waals surface area contributed by atoms with Crippen LogP contribution in [0, 0.1) is 11.8 Å². The number of benzene rings is 1. The van der Waals surface area contributed by atoms with Crippen LogP contribution in [-0.4, -0.2) is 60.5 Å². The molecule has 9 heteroatoms. The van der Waals surface area contributed by atoms with Gasteiger partial charge in [0.2, 0.25) is 5.91 Å². The Morgan fingerprint density at radius 3 is 2.58 bits per heavy atom. The number of amides is 2. The van der Waals surface area contributed by atoms with E-state index >= 15 is 0 Å². The molecule has 2 aliphatic heterocycles. The molecule has 0 aliphatic carbocycles. The summed E-state index contributed by atoms with van der Waals surface area (Å²) in [6, 6.07) is 5.52. The lowest BCUT2D eigenvalue weighted by Gasteiger charge is -2.42. The van der Waals surface area contributed by atoms with Crippen molar-refractivity contribution in [3.05, 3.63) is 47.6 Å². The van der Waals surface area contributed by atoms with Gasteiger partial charge < -0.3 is 29.7 Å². The van der Waals surface area contributed by atoms with Crippen LogP contribution >= 0.6 is 0 Å². The Bertz CT molecular complexity index is 1010. The van der Waals surface area contributed by atoms with E-state index in [9.17, 15) is 19.8 Å². The zero-order valence-corrected chi connectivity index (χ0v) is 21.6. The molecule has 1 fully saturated rings. The second-order valence-corrected chi connectivity index (χ2v) is 10.0. The molecule has 1 aromatic carbocycles. The maximum absolute atomic E-state index is 12.7. The molecule has 2 heterocycles. The number of nitrogens with one attached hydrogen (secondary N) is 2. The fraction of sp³-hybridized carbons (Fsp3) is 0.556. The van der Waals surface area contributed by atoms with Crippen LogP contribution in [0.4, 0.5) is 10.5 Å². The molecule has 2 aliphatic rings. The van der Waals surface area contributed by atoms with Crippen LogP contribution in [0.5, 0.6) is 5.75 Å². The molecule has 198 valence electrons. The molecule has 0 saturated carbocycles. The average molecular weight is 503 g/mol. The number of fused-ring (bicyclic) bond motifs is 4. The maximum atomic E-state index is 12.7. The van der Waals surface area contributed by atoms with Gasteiger partial charge in [0.15, 0.2) is 5.72 Å². The molecule has 1 saturated heterocycles. The Labute approximate surface area is 212 Å². The van der Waals surface area contributed by atoms with E-state index in [4.69, 9.17) is 14.2 Å². The van der Waals surface area contributed by atoms with Crippen LogP contribution in [0.1, 0.15) is 45.6 Å². The van der Waals surface area contributed by atoms with E-state index < -0.39 is 30.1 Å². The molecular formula is C27H38N2O7. The largest absolute Gasteiger partial charge is 0.497 e. The van der Waals surface area contributed by atoms with Crippen molar-refractivity contribution in [1.29, 1.82) is 0 Å². The normalized spacial score (nSPS) is 34.4. The van der Waals surface area contributed by atoms with Gasteiger partial charge in [0, 0.05) is 25.3 Å². The van der Waals surface area contributed by atoms with Gasteiger partial charge in [-0.05, 0) is 49.3 Å². The number of hydrogen-bond donors (Lipinski definition) is 4. The number of carbonyl (C=O) groups is 2. The van der Waals surface area contributed by atoms with Crippen LogP contribution < -0.4 is 15.4 Å². The fourth-order valence-electron chi connectivity index (χ4n) is 4.83. The molecule has 36 heavy (non-hydrogen) atoms. The molecule has 0 spiro atoms. The van der Waals surface area contributed by atoms with E-state index in [-0.39, 0.29) is 30.6 Å². The van der Waals surface area contributed by atoms with Gasteiger partial charge in [-0.25, -0.2) is 4.79 Å². The Kier molecular flexibility index (Phi) is 9.16. The van der Waals surface area contributed by atoms with E-state index in [1.54, 1.807) is 25.3 Å². The predicted molar refractivity (Wildman–Crippen MR) is 136 cm³/mol. The third-order valence-corrected chi connectivity index (χ3v) is 6.88. The summed E-state index contributed by atoms with van der Waals surface area (Å²) in [7, 11) is 3.04. The van der Waals surface area contributed by atoms with Gasteiger partial charge in [-0.1, -0.05) is 37.6 Å². The number of methoxy groups -OCH3 is 2. The lowest BCUT2D eigenvalue weighted by Crippen LogP contribution is -2.63. The van der Waals surface area contributed by atoms with Crippen molar-refractivity contribution in [2.24, 2.45) is 11.8 Å². The number of alkyl carbamates (subject to hydrolysis) is 1. The lowest BCUT2D eigenvalue weighted by atomic mass is 9.84. The monoisotopic (exact) mass is 502 g/mol. The van der Waals surface area contributed by atoms with E-state index in [1.807, 2.05) is 39.0 Å². The summed E-state index contributed by atoms with van der Waals surface area (Å²) >= 11 is 0. The molecule has 1 aromatic rings. The first-order valence-corrected chi connectivity index (χ1v) is 12.3. The number of aliphatic hydroxyl groups excluding tert-OH is 1. The smallest absolute Gasteiger partial charge is 0.409 e. The zero-order chi connectivity index (χ0) is 26.5. The number of hydrogen-bond acceptors (Lipinski definition) is 7. The predicted octanol–water partition coefficient (Wildman–Crippen LogP) is 3.31. The summed E-state index contributed by atoms with van der Waals surface area (Å²) in [5.41, 5.74) is 0.891. The highest BCUT2D eigenvalue weighted by molar-refractivity contribution is 5.91. The quantitative estimate of drug-likeness (QED) is 0.489. The Balaban J connectivity index is 1.96. The number of rotatable bonds is 2. The van der Waals surface area contributed by atoms with Crippen molar-refractivity contribution in [3.8, 4) is 5.75 Å². The van der Waals surface area contributed by atoms with Crippen LogP contribution in [0.3, 0.4) is 0 Å². The third kappa shape index (κ3) is 7.09. The Morgan fingerprint density at radius 1 is 1.14 bits per heavy atom. The van der Waals surface area contributed by atoms with Crippen molar-refractivity contribution in [1.82, 2.24) is 5.32 Å². The molecule has 0 unspecified atom stereocenters. The van der Waals surface area contributed by atoms with E-state index in [0.29, 0.717) is 24.3 Å². The van der Waals surface area contributed by atoms with Crippen molar-refractivity contribution >= 4 is 17.7 Å². The molecule has 0 aromatic heterocycles. The average Bonchev–Trinajstić information content (AvgIpc) is 2.80. The summed E-state index contributed by atoms with van der Waals surface area (Å²) in [6.45, 7) is 5.72. The first-order chi connectivity index (χ1) is 17.0. The minimum absolute atomic E-state index is 0.0784. The molecule has 9 nitrogen and oxygen atoms in total. The Morgan fingerprint density at radius 2 is 1.89 bits per heavy atom. The lowest BCUT2D eigenvalue weighted by molar-refractivity contribution is -0.142. The summed E-state index contributed by atoms with van der Waals surface area (Å²) in [4.78, 5) is 25.0. The standard InChI is InChI=1S/C27H38N2O7/c1-16-7-6-8-24(35-5)27(33)15-23(36-26(32)29-27)18(3)10-17(2)22(30)14-25(31)28-20-11-19(9-16)12-21(13-20)34-4/h6-8,11-13,17-18,22-24,30,33H,9-10,14-15H2,1-5H3,(H,28,31)(H,29,32)/b8-6+,16-7+/t17-,18-,22-,23-,24+,27-/m0/s1. The van der Waals surface area contributed by atoms with E-state index in [2.05, 4.69) is 10.6 Å². The summed E-state index contributed by atoms with van der Waals surface area (Å²) in [5, 5.41) is 27.4. The number of ether oxygens (including phenoxy) is 3. The summed E-state index contributed by atoms with van der Waals surface area (Å²) < 4.78 is 16.4. The number of anilines is 1. The minimum Gasteiger partial charge on any atom is -0.497 e. The molecule has 4 N–H and O–H groups in total. The molecule has 0 radical (unpaired) electrons. The van der Waals surface area contributed by atoms with Crippen LogP contribution in [-0.2, 0) is 20.7 Å². The highest BCUT2D eigenvalue weighted by Crippen LogP contribution is 2.32. The van der Waals surface area contributed by atoms with Gasteiger partial charge in [0.05, 0.1) is 19.6 Å². The molecule has 2 amide bonds. The van der Waals surface area contributed by atoms with E-state index in [1.165, 1.54) is 7.11 Å². The topological polar surface area (TPSA) is 126 Å². The van der Waals surface area contributed by atoms with Gasteiger partial charge in [-0.2, -0.15) is 0 Å². The first-order valence-electron chi connectivity index (χ1n) is 12.3. The van der Waals surface area contributed by atoms with Crippen molar-refractivity contribution in [2.45, 2.75) is 70.5 Å². The van der Waals surface area contributed by atoms with Crippen LogP contribution in [0.2, 0.25) is 0 Å². The third-order valence-electron chi connectivity index (χ3n) is 6.88. The number of aliphatic hydroxyl groups is 2. The second kappa shape index (κ2) is 11.9. The molecule has 6 atom stereocenters. The fourth-order valence-corrected chi connectivity index (χ4v) is 4.83. The minimum atomic E-state index is -1.66. The van der Waals surface area contributed by atoms with Gasteiger partial charge in [0.25, 0.3) is 0 Å². The number of carbonyl (C=O) groups excluding carboxylic acids is 2. The van der Waals surface area contributed by atoms with Crippen molar-refractivity contribution in [2.75, 3.05) is 19.5 Å². The SMILES string of the molecule is COc1cc2cc(c1)NC(=O)C[C@H](O)[C@@H](C)C[C@H](C)[C@@H]1C[C@@](O)(NC(=O)O1)[C@H](OC)/C=C/C=C(\C)C2. The molecular weight excluding hydrogens is 464 g/mol. The highest BCUT2D eigenvalue weighted by Gasteiger charge is 2.46. The Hall–Kier alpha value is -2.88. The summed E-state index contributed by atoms with van der Waals surface area (Å²) in [5.74, 6) is -0.119. The number of allylic oxidation sites excluding steroid dienone is 3. The maximum Gasteiger partial charge on any atom is 0.409 e. The van der Waals surface area contributed by atoms with Gasteiger partial charge in [0.1, 0.15) is 18.0 Å². The summed E-state index contributed by atoms with van der Waals surface area (Å²) in [6.07, 6.45) is 3.49. The van der Waals surface area contributed by atoms with Gasteiger partial charge in [-0.15, -0.1) is 0 Å². The zero-order valence-electron chi connectivity index (χ0n) is 21.6. The van der Waals surface area contributed by atoms with Crippen molar-refractivity contribution < 1.29 is 34.0 Å². The first kappa shape index (κ1) is 27.7. The highest BCUT2D eigenvalue weighted by atomic mass is 16.6. The van der Waals surface area contributed by atoms with Crippen LogP contribution in [0.25, 0.3) is 0 Å². The van der Waals surface area contributed by atoms with E-state index in [0.717, 1.165) is 11.1 Å². The molecule has 4 bridgehead atoms. The van der Waals surface area contributed by atoms with Gasteiger partial charge in [-0.3, -0.25) is 10.1 Å². The van der Waals surface area contributed by atoms with Crippen LogP contribution in [0.15, 0.2) is 42.0 Å². The van der Waals surface area contributed by atoms with Gasteiger partial charge >= 0.3 is 6.09 Å². The molecule has 3 rings (SSSR count).